The van der Waals surface area contributed by atoms with Crippen molar-refractivity contribution in [2.24, 2.45) is 0 Å². The Bertz CT molecular complexity index is 1110. The average molecular weight is 499 g/mol. The molecule has 184 valence electrons. The summed E-state index contributed by atoms with van der Waals surface area (Å²) in [7, 11) is 1.53. The quantitative estimate of drug-likeness (QED) is 0.405. The van der Waals surface area contributed by atoms with Gasteiger partial charge < -0.3 is 20.1 Å². The molecular weight excluding hydrogens is 472 g/mol. The molecule has 0 unspecified atom stereocenters. The van der Waals surface area contributed by atoms with Crippen molar-refractivity contribution >= 4 is 40.7 Å². The molecule has 2 aliphatic heterocycles. The lowest BCUT2D eigenvalue weighted by Gasteiger charge is -2.26. The molecule has 0 atom stereocenters. The first-order valence-electron chi connectivity index (χ1n) is 11.4. The molecule has 4 rings (SSSR count). The van der Waals surface area contributed by atoms with Gasteiger partial charge in [0.05, 0.1) is 26.0 Å². The Morgan fingerprint density at radius 2 is 1.71 bits per heavy atom. The van der Waals surface area contributed by atoms with Crippen molar-refractivity contribution < 1.29 is 23.9 Å². The van der Waals surface area contributed by atoms with Crippen LogP contribution in [-0.4, -0.2) is 69.1 Å². The number of halogens is 1. The van der Waals surface area contributed by atoms with E-state index < -0.39 is 11.8 Å². The highest BCUT2D eigenvalue weighted by atomic mass is 35.5. The number of carbonyl (C=O) groups excluding carboxylic acids is 3. The first-order valence-corrected chi connectivity index (χ1v) is 11.7. The number of methoxy groups -OCH3 is 1. The van der Waals surface area contributed by atoms with E-state index in [1.807, 2.05) is 0 Å². The average Bonchev–Trinajstić information content (AvgIpc) is 3.10. The van der Waals surface area contributed by atoms with Crippen LogP contribution in [0.2, 0.25) is 0 Å². The van der Waals surface area contributed by atoms with Crippen LogP contribution in [0.15, 0.2) is 59.3 Å². The highest BCUT2D eigenvalue weighted by Gasteiger charge is 2.39. The van der Waals surface area contributed by atoms with Crippen LogP contribution in [0.1, 0.15) is 16.8 Å². The van der Waals surface area contributed by atoms with E-state index in [1.54, 1.807) is 48.5 Å². The third-order valence-corrected chi connectivity index (χ3v) is 6.17. The fourth-order valence-electron chi connectivity index (χ4n) is 3.86. The number of benzene rings is 2. The Hall–Kier alpha value is -3.40. The number of imide groups is 1. The van der Waals surface area contributed by atoms with Gasteiger partial charge in [-0.25, -0.2) is 4.90 Å². The van der Waals surface area contributed by atoms with Gasteiger partial charge in [0.1, 0.15) is 16.5 Å². The summed E-state index contributed by atoms with van der Waals surface area (Å²) in [6.07, 6.45) is 0.860. The van der Waals surface area contributed by atoms with E-state index in [1.165, 1.54) is 7.11 Å². The summed E-state index contributed by atoms with van der Waals surface area (Å²) in [4.78, 5) is 41.3. The van der Waals surface area contributed by atoms with Gasteiger partial charge in [-0.3, -0.25) is 19.3 Å². The fourth-order valence-corrected chi connectivity index (χ4v) is 4.07. The monoisotopic (exact) mass is 498 g/mol. The van der Waals surface area contributed by atoms with Crippen molar-refractivity contribution in [1.29, 1.82) is 0 Å². The maximum Gasteiger partial charge on any atom is 0.283 e. The zero-order valence-corrected chi connectivity index (χ0v) is 20.1. The number of carbonyl (C=O) groups is 3. The minimum absolute atomic E-state index is 0.0206. The topological polar surface area (TPSA) is 100 Å². The number of amides is 3. The Balaban J connectivity index is 1.32. The smallest absolute Gasteiger partial charge is 0.283 e. The molecule has 1 fully saturated rings. The molecule has 9 nitrogen and oxygen atoms in total. The van der Waals surface area contributed by atoms with Gasteiger partial charge in [-0.1, -0.05) is 11.6 Å². The molecule has 2 N–H and O–H groups in total. The summed E-state index contributed by atoms with van der Waals surface area (Å²) in [5, 5.41) is 5.63. The van der Waals surface area contributed by atoms with Crippen molar-refractivity contribution in [3.8, 4) is 5.75 Å². The van der Waals surface area contributed by atoms with E-state index >= 15 is 0 Å². The molecule has 2 aromatic carbocycles. The van der Waals surface area contributed by atoms with Gasteiger partial charge in [-0.05, 0) is 61.5 Å². The Kier molecular flexibility index (Phi) is 8.02. The van der Waals surface area contributed by atoms with Crippen molar-refractivity contribution in [3.63, 3.8) is 0 Å². The van der Waals surface area contributed by atoms with Gasteiger partial charge >= 0.3 is 0 Å². The van der Waals surface area contributed by atoms with Crippen LogP contribution in [0.3, 0.4) is 0 Å². The molecule has 2 aromatic rings. The maximum atomic E-state index is 12.9. The molecule has 0 saturated carbocycles. The van der Waals surface area contributed by atoms with Crippen LogP contribution >= 0.6 is 11.6 Å². The third kappa shape index (κ3) is 5.82. The van der Waals surface area contributed by atoms with Gasteiger partial charge in [0.15, 0.2) is 0 Å². The molecule has 0 aromatic heterocycles. The predicted octanol–water partition coefficient (Wildman–Crippen LogP) is 2.58. The van der Waals surface area contributed by atoms with Crippen molar-refractivity contribution in [3.05, 3.63) is 64.8 Å². The first-order chi connectivity index (χ1) is 17.0. The molecule has 2 aliphatic rings. The van der Waals surface area contributed by atoms with E-state index in [-0.39, 0.29) is 16.6 Å². The number of nitrogens with one attached hydrogen (secondary N) is 2. The van der Waals surface area contributed by atoms with Gasteiger partial charge in [0.25, 0.3) is 17.7 Å². The lowest BCUT2D eigenvalue weighted by molar-refractivity contribution is -0.120. The summed E-state index contributed by atoms with van der Waals surface area (Å²) in [5.41, 5.74) is 1.39. The SMILES string of the molecule is COc1ccc(N2C(=O)C(Cl)=C(Nc3ccc(C(=O)NCCCN4CCOCC4)cc3)C2=O)cc1. The van der Waals surface area contributed by atoms with Gasteiger partial charge in [-0.15, -0.1) is 0 Å². The van der Waals surface area contributed by atoms with E-state index in [2.05, 4.69) is 15.5 Å². The predicted molar refractivity (Wildman–Crippen MR) is 133 cm³/mol. The minimum Gasteiger partial charge on any atom is -0.497 e. The van der Waals surface area contributed by atoms with E-state index in [0.717, 1.165) is 44.2 Å². The van der Waals surface area contributed by atoms with Crippen molar-refractivity contribution in [1.82, 2.24) is 10.2 Å². The normalized spacial score (nSPS) is 16.6. The van der Waals surface area contributed by atoms with Crippen LogP contribution in [-0.2, 0) is 14.3 Å². The zero-order chi connectivity index (χ0) is 24.8. The second-order valence-corrected chi connectivity index (χ2v) is 8.48. The number of rotatable bonds is 9. The Morgan fingerprint density at radius 3 is 2.37 bits per heavy atom. The molecule has 35 heavy (non-hydrogen) atoms. The standard InChI is InChI=1S/C25H27ClN4O5/c1-34-20-9-7-19(8-10-20)30-24(32)21(26)22(25(30)33)28-18-5-3-17(4-6-18)23(31)27-11-2-12-29-13-15-35-16-14-29/h3-10,28H,2,11-16H2,1H3,(H,27,31). The van der Waals surface area contributed by atoms with Crippen LogP contribution in [0, 0.1) is 0 Å². The van der Waals surface area contributed by atoms with E-state index in [4.69, 9.17) is 21.1 Å². The number of nitrogens with zero attached hydrogens (tertiary/aromatic N) is 2. The largest absolute Gasteiger partial charge is 0.497 e. The van der Waals surface area contributed by atoms with Gasteiger partial charge in [0, 0.05) is 30.9 Å². The first kappa shape index (κ1) is 24.7. The van der Waals surface area contributed by atoms with Gasteiger partial charge in [0.2, 0.25) is 0 Å². The van der Waals surface area contributed by atoms with Crippen LogP contribution in [0.4, 0.5) is 11.4 Å². The van der Waals surface area contributed by atoms with Crippen LogP contribution < -0.4 is 20.3 Å². The Labute approximate surface area is 208 Å². The highest BCUT2D eigenvalue weighted by molar-refractivity contribution is 6.53. The van der Waals surface area contributed by atoms with Crippen LogP contribution in [0.25, 0.3) is 0 Å². The highest BCUT2D eigenvalue weighted by Crippen LogP contribution is 2.31. The second kappa shape index (κ2) is 11.4. The summed E-state index contributed by atoms with van der Waals surface area (Å²) in [5.74, 6) is -0.746. The lowest BCUT2D eigenvalue weighted by atomic mass is 10.2. The van der Waals surface area contributed by atoms with E-state index in [0.29, 0.717) is 29.2 Å². The molecule has 3 amide bonds. The van der Waals surface area contributed by atoms with Gasteiger partial charge in [-0.2, -0.15) is 0 Å². The maximum absolute atomic E-state index is 12.9. The minimum atomic E-state index is -0.614. The molecule has 0 radical (unpaired) electrons. The Morgan fingerprint density at radius 1 is 1.03 bits per heavy atom. The van der Waals surface area contributed by atoms with Crippen LogP contribution in [0.5, 0.6) is 5.75 Å². The summed E-state index contributed by atoms with van der Waals surface area (Å²) >= 11 is 6.19. The molecule has 10 heteroatoms. The third-order valence-electron chi connectivity index (χ3n) is 5.81. The molecule has 0 aliphatic carbocycles. The zero-order valence-electron chi connectivity index (χ0n) is 19.4. The fraction of sp³-hybridized carbons (Fsp3) is 0.320. The summed E-state index contributed by atoms with van der Waals surface area (Å²) in [6.45, 7) is 4.87. The number of anilines is 2. The molecule has 0 bridgehead atoms. The number of hydrogen-bond donors (Lipinski definition) is 2. The molecular formula is C25H27ClN4O5. The molecule has 0 spiro atoms. The summed E-state index contributed by atoms with van der Waals surface area (Å²) < 4.78 is 10.4. The molecule has 2 heterocycles. The van der Waals surface area contributed by atoms with Crippen molar-refractivity contribution in [2.75, 3.05) is 56.7 Å². The number of morpholine rings is 1. The second-order valence-electron chi connectivity index (χ2n) is 8.10. The lowest BCUT2D eigenvalue weighted by Crippen LogP contribution is -2.38. The van der Waals surface area contributed by atoms with Crippen molar-refractivity contribution in [2.45, 2.75) is 6.42 Å². The summed E-state index contributed by atoms with van der Waals surface area (Å²) in [6, 6.07) is 13.1. The number of hydrogen-bond acceptors (Lipinski definition) is 7. The number of ether oxygens (including phenoxy) is 2. The van der Waals surface area contributed by atoms with E-state index in [9.17, 15) is 14.4 Å². The molecule has 1 saturated heterocycles.